The maximum Gasteiger partial charge on any atom is 0.315 e. The molecule has 1 fully saturated rings. The Morgan fingerprint density at radius 3 is 2.45 bits per heavy atom. The van der Waals surface area contributed by atoms with Crippen molar-refractivity contribution in [2.75, 3.05) is 6.54 Å². The Labute approximate surface area is 116 Å². The van der Waals surface area contributed by atoms with Gasteiger partial charge in [-0.05, 0) is 37.0 Å². The van der Waals surface area contributed by atoms with Crippen molar-refractivity contribution in [3.05, 3.63) is 35.6 Å². The number of nitrogens with one attached hydrogen (secondary N) is 2. The highest BCUT2D eigenvalue weighted by molar-refractivity contribution is 5.75. The Kier molecular flexibility index (Phi) is 4.22. The second-order valence-corrected chi connectivity index (χ2v) is 4.97. The summed E-state index contributed by atoms with van der Waals surface area (Å²) in [5.74, 6) is -1.18. The number of hydrogen-bond donors (Lipinski definition) is 3. The average molecular weight is 280 g/mol. The third-order valence-corrected chi connectivity index (χ3v) is 3.35. The van der Waals surface area contributed by atoms with Crippen molar-refractivity contribution in [1.82, 2.24) is 10.6 Å². The van der Waals surface area contributed by atoms with E-state index in [9.17, 15) is 14.0 Å². The zero-order valence-corrected chi connectivity index (χ0v) is 11.0. The van der Waals surface area contributed by atoms with Gasteiger partial charge in [0.25, 0.3) is 0 Å². The van der Waals surface area contributed by atoms with Crippen LogP contribution in [0.1, 0.15) is 31.2 Å². The van der Waals surface area contributed by atoms with Crippen molar-refractivity contribution in [2.24, 2.45) is 0 Å². The van der Waals surface area contributed by atoms with Crippen LogP contribution in [0.5, 0.6) is 0 Å². The molecular weight excluding hydrogens is 263 g/mol. The molecule has 0 radical (unpaired) electrons. The minimum absolute atomic E-state index is 0.0311. The van der Waals surface area contributed by atoms with Crippen molar-refractivity contribution in [3.8, 4) is 0 Å². The lowest BCUT2D eigenvalue weighted by molar-refractivity contribution is -0.137. The summed E-state index contributed by atoms with van der Waals surface area (Å²) in [6, 6.07) is 5.78. The molecular formula is C14H17FN2O3. The van der Waals surface area contributed by atoms with Crippen LogP contribution in [0.4, 0.5) is 9.18 Å². The third-order valence-electron chi connectivity index (χ3n) is 3.35. The molecule has 0 bridgehead atoms. The first-order chi connectivity index (χ1) is 9.52. The summed E-state index contributed by atoms with van der Waals surface area (Å²) >= 11 is 0. The topological polar surface area (TPSA) is 78.4 Å². The number of carbonyl (C=O) groups excluding carboxylic acids is 1. The van der Waals surface area contributed by atoms with Gasteiger partial charge in [0, 0.05) is 13.0 Å². The lowest BCUT2D eigenvalue weighted by Gasteiger charge is -2.18. The molecule has 0 aliphatic heterocycles. The van der Waals surface area contributed by atoms with Crippen LogP contribution in [-0.4, -0.2) is 23.7 Å². The standard InChI is InChI=1S/C14H17FN2O3/c15-11-5-3-10(4-6-11)14(7-8-14)17-13(20)16-9-1-2-12(18)19/h3-6H,1-2,7-9H2,(H,18,19)(H2,16,17,20). The third kappa shape index (κ3) is 3.69. The molecule has 1 aliphatic carbocycles. The number of halogens is 1. The monoisotopic (exact) mass is 280 g/mol. The number of benzene rings is 1. The van der Waals surface area contributed by atoms with E-state index in [1.807, 2.05) is 0 Å². The van der Waals surface area contributed by atoms with E-state index in [0.717, 1.165) is 18.4 Å². The molecule has 5 nitrogen and oxygen atoms in total. The molecule has 20 heavy (non-hydrogen) atoms. The second kappa shape index (κ2) is 5.90. The SMILES string of the molecule is O=C(O)CCCNC(=O)NC1(c2ccc(F)cc2)CC1. The summed E-state index contributed by atoms with van der Waals surface area (Å²) in [6.07, 6.45) is 2.07. The van der Waals surface area contributed by atoms with Gasteiger partial charge in [0.15, 0.2) is 0 Å². The molecule has 1 aromatic carbocycles. The fourth-order valence-electron chi connectivity index (χ4n) is 2.08. The van der Waals surface area contributed by atoms with E-state index in [0.29, 0.717) is 13.0 Å². The van der Waals surface area contributed by atoms with Gasteiger partial charge in [-0.3, -0.25) is 4.79 Å². The van der Waals surface area contributed by atoms with Crippen LogP contribution < -0.4 is 10.6 Å². The first-order valence-corrected chi connectivity index (χ1v) is 6.56. The summed E-state index contributed by atoms with van der Waals surface area (Å²) in [5, 5.41) is 14.0. The van der Waals surface area contributed by atoms with Gasteiger partial charge in [0.05, 0.1) is 5.54 Å². The van der Waals surface area contributed by atoms with E-state index in [4.69, 9.17) is 5.11 Å². The quantitative estimate of drug-likeness (QED) is 0.697. The summed E-state index contributed by atoms with van der Waals surface area (Å²) in [6.45, 7) is 0.317. The van der Waals surface area contributed by atoms with E-state index in [1.54, 1.807) is 12.1 Å². The molecule has 1 aliphatic rings. The van der Waals surface area contributed by atoms with E-state index in [1.165, 1.54) is 12.1 Å². The molecule has 2 amide bonds. The summed E-state index contributed by atoms with van der Waals surface area (Å²) in [5.41, 5.74) is 0.490. The number of amides is 2. The van der Waals surface area contributed by atoms with Gasteiger partial charge in [0.1, 0.15) is 5.82 Å². The normalized spacial score (nSPS) is 15.4. The van der Waals surface area contributed by atoms with Crippen molar-refractivity contribution < 1.29 is 19.1 Å². The van der Waals surface area contributed by atoms with Crippen LogP contribution in [0.15, 0.2) is 24.3 Å². The van der Waals surface area contributed by atoms with Crippen LogP contribution in [0.25, 0.3) is 0 Å². The molecule has 0 saturated heterocycles. The molecule has 1 aromatic rings. The second-order valence-electron chi connectivity index (χ2n) is 4.97. The van der Waals surface area contributed by atoms with Gasteiger partial charge in [-0.1, -0.05) is 12.1 Å². The maximum atomic E-state index is 12.9. The van der Waals surface area contributed by atoms with Gasteiger partial charge < -0.3 is 15.7 Å². The fraction of sp³-hybridized carbons (Fsp3) is 0.429. The highest BCUT2D eigenvalue weighted by Crippen LogP contribution is 2.45. The predicted octanol–water partition coefficient (Wildman–Crippen LogP) is 1.98. The molecule has 6 heteroatoms. The zero-order valence-electron chi connectivity index (χ0n) is 11.0. The minimum atomic E-state index is -0.878. The molecule has 2 rings (SSSR count). The summed E-state index contributed by atoms with van der Waals surface area (Å²) < 4.78 is 12.9. The van der Waals surface area contributed by atoms with Crippen LogP contribution in [0.2, 0.25) is 0 Å². The number of urea groups is 1. The molecule has 0 aromatic heterocycles. The van der Waals surface area contributed by atoms with Crippen molar-refractivity contribution in [3.63, 3.8) is 0 Å². The van der Waals surface area contributed by atoms with E-state index in [-0.39, 0.29) is 18.3 Å². The Balaban J connectivity index is 1.81. The van der Waals surface area contributed by atoms with Gasteiger partial charge in [0.2, 0.25) is 0 Å². The number of carboxylic acid groups (broad SMARTS) is 1. The van der Waals surface area contributed by atoms with Crippen molar-refractivity contribution in [1.29, 1.82) is 0 Å². The molecule has 0 heterocycles. The number of carbonyl (C=O) groups is 2. The molecule has 3 N–H and O–H groups in total. The van der Waals surface area contributed by atoms with Gasteiger partial charge in [-0.25, -0.2) is 9.18 Å². The molecule has 0 spiro atoms. The number of rotatable bonds is 6. The van der Waals surface area contributed by atoms with Gasteiger partial charge >= 0.3 is 12.0 Å². The number of hydrogen-bond acceptors (Lipinski definition) is 2. The Morgan fingerprint density at radius 1 is 1.25 bits per heavy atom. The van der Waals surface area contributed by atoms with Crippen LogP contribution in [0, 0.1) is 5.82 Å². The Bertz CT molecular complexity index is 498. The zero-order chi connectivity index (χ0) is 14.6. The largest absolute Gasteiger partial charge is 0.481 e. The number of carboxylic acids is 1. The molecule has 108 valence electrons. The minimum Gasteiger partial charge on any atom is -0.481 e. The van der Waals surface area contributed by atoms with Crippen molar-refractivity contribution in [2.45, 2.75) is 31.2 Å². The number of aliphatic carboxylic acids is 1. The fourth-order valence-corrected chi connectivity index (χ4v) is 2.08. The highest BCUT2D eigenvalue weighted by atomic mass is 19.1. The molecule has 1 saturated carbocycles. The smallest absolute Gasteiger partial charge is 0.315 e. The van der Waals surface area contributed by atoms with Gasteiger partial charge in [-0.2, -0.15) is 0 Å². The van der Waals surface area contributed by atoms with Crippen LogP contribution in [-0.2, 0) is 10.3 Å². The Morgan fingerprint density at radius 2 is 1.90 bits per heavy atom. The van der Waals surface area contributed by atoms with E-state index in [2.05, 4.69) is 10.6 Å². The van der Waals surface area contributed by atoms with Crippen molar-refractivity contribution >= 4 is 12.0 Å². The summed E-state index contributed by atoms with van der Waals surface area (Å²) in [4.78, 5) is 22.1. The van der Waals surface area contributed by atoms with E-state index < -0.39 is 11.5 Å². The van der Waals surface area contributed by atoms with E-state index >= 15 is 0 Å². The van der Waals surface area contributed by atoms with Crippen LogP contribution in [0.3, 0.4) is 0 Å². The lowest BCUT2D eigenvalue weighted by atomic mass is 10.1. The van der Waals surface area contributed by atoms with Gasteiger partial charge in [-0.15, -0.1) is 0 Å². The average Bonchev–Trinajstić information content (AvgIpc) is 3.16. The summed E-state index contributed by atoms with van der Waals surface area (Å²) in [7, 11) is 0. The Hall–Kier alpha value is -2.11. The molecule has 0 unspecified atom stereocenters. The predicted molar refractivity (Wildman–Crippen MR) is 70.7 cm³/mol. The maximum absolute atomic E-state index is 12.9. The first kappa shape index (κ1) is 14.3. The lowest BCUT2D eigenvalue weighted by Crippen LogP contribution is -2.42. The van der Waals surface area contributed by atoms with Crippen LogP contribution >= 0.6 is 0 Å². The highest BCUT2D eigenvalue weighted by Gasteiger charge is 2.45. The molecule has 0 atom stereocenters. The first-order valence-electron chi connectivity index (χ1n) is 6.56.